The van der Waals surface area contributed by atoms with Gasteiger partial charge in [-0.15, -0.1) is 0 Å². The normalized spacial score (nSPS) is 15.8. The Morgan fingerprint density at radius 3 is 2.57 bits per heavy atom. The number of aryl methyl sites for hydroxylation is 1. The highest BCUT2D eigenvalue weighted by molar-refractivity contribution is 9.10. The van der Waals surface area contributed by atoms with Crippen molar-refractivity contribution in [3.63, 3.8) is 0 Å². The standard InChI is InChI=1S/C21H19BrN2O4/c1-3-14-7-5-6-8-18(14)24-20(26)17(19(25)23-21(24)27)11-13-9-15(22)12-16(10-13)28-4-2/h5-12H,3-4H2,1-2H3,(H,23,25,27)/b17-11-. The number of benzene rings is 2. The number of halogens is 1. The lowest BCUT2D eigenvalue weighted by Crippen LogP contribution is -2.54. The molecule has 0 aliphatic carbocycles. The third kappa shape index (κ3) is 3.99. The van der Waals surface area contributed by atoms with Gasteiger partial charge in [-0.05, 0) is 54.8 Å². The molecule has 0 saturated carbocycles. The van der Waals surface area contributed by atoms with E-state index in [0.29, 0.717) is 30.0 Å². The molecule has 0 spiro atoms. The summed E-state index contributed by atoms with van der Waals surface area (Å²) in [5.74, 6) is -0.776. The molecule has 1 N–H and O–H groups in total. The van der Waals surface area contributed by atoms with Gasteiger partial charge in [0.25, 0.3) is 11.8 Å². The number of nitrogens with one attached hydrogen (secondary N) is 1. The average Bonchev–Trinajstić information content (AvgIpc) is 2.65. The van der Waals surface area contributed by atoms with E-state index in [9.17, 15) is 14.4 Å². The van der Waals surface area contributed by atoms with Gasteiger partial charge in [-0.25, -0.2) is 9.69 Å². The Kier molecular flexibility index (Phi) is 5.94. The molecule has 1 aliphatic rings. The second-order valence-electron chi connectivity index (χ2n) is 6.09. The lowest BCUT2D eigenvalue weighted by molar-refractivity contribution is -0.122. The number of hydrogen-bond acceptors (Lipinski definition) is 4. The van der Waals surface area contributed by atoms with Gasteiger partial charge in [-0.2, -0.15) is 0 Å². The number of barbiturate groups is 1. The molecule has 0 aromatic heterocycles. The van der Waals surface area contributed by atoms with Gasteiger partial charge in [0.15, 0.2) is 0 Å². The molecule has 0 atom stereocenters. The van der Waals surface area contributed by atoms with Crippen LogP contribution in [0.15, 0.2) is 52.5 Å². The molecule has 0 radical (unpaired) electrons. The number of nitrogens with zero attached hydrogens (tertiary/aromatic N) is 1. The first-order valence-corrected chi connectivity index (χ1v) is 9.66. The van der Waals surface area contributed by atoms with Gasteiger partial charge in [-0.3, -0.25) is 14.9 Å². The highest BCUT2D eigenvalue weighted by Gasteiger charge is 2.37. The smallest absolute Gasteiger partial charge is 0.335 e. The monoisotopic (exact) mass is 442 g/mol. The van der Waals surface area contributed by atoms with Crippen LogP contribution in [0.3, 0.4) is 0 Å². The fourth-order valence-electron chi connectivity index (χ4n) is 2.99. The number of anilines is 1. The van der Waals surface area contributed by atoms with Crippen LogP contribution in [0.25, 0.3) is 6.08 Å². The minimum Gasteiger partial charge on any atom is -0.494 e. The molecule has 3 rings (SSSR count). The number of urea groups is 1. The number of carbonyl (C=O) groups is 3. The Morgan fingerprint density at radius 1 is 1.11 bits per heavy atom. The molecule has 1 heterocycles. The first kappa shape index (κ1) is 19.8. The molecule has 2 aromatic rings. The summed E-state index contributed by atoms with van der Waals surface area (Å²) in [7, 11) is 0. The minimum atomic E-state index is -0.753. The number of hydrogen-bond donors (Lipinski definition) is 1. The zero-order valence-corrected chi connectivity index (χ0v) is 17.1. The first-order chi connectivity index (χ1) is 13.4. The summed E-state index contributed by atoms with van der Waals surface area (Å²) in [6.45, 7) is 4.29. The van der Waals surface area contributed by atoms with E-state index in [-0.39, 0.29) is 5.57 Å². The van der Waals surface area contributed by atoms with Crippen molar-refractivity contribution in [2.45, 2.75) is 20.3 Å². The fourth-order valence-corrected chi connectivity index (χ4v) is 3.48. The van der Waals surface area contributed by atoms with Gasteiger partial charge in [0.1, 0.15) is 11.3 Å². The molecule has 6 nitrogen and oxygen atoms in total. The summed E-state index contributed by atoms with van der Waals surface area (Å²) in [6.07, 6.45) is 2.10. The number of para-hydroxylation sites is 1. The largest absolute Gasteiger partial charge is 0.494 e. The number of rotatable bonds is 5. The molecule has 1 fully saturated rings. The topological polar surface area (TPSA) is 75.7 Å². The summed E-state index contributed by atoms with van der Waals surface area (Å²) in [5.41, 5.74) is 1.79. The van der Waals surface area contributed by atoms with Crippen molar-refractivity contribution in [3.8, 4) is 5.75 Å². The predicted molar refractivity (Wildman–Crippen MR) is 110 cm³/mol. The van der Waals surface area contributed by atoms with Gasteiger partial charge in [0, 0.05) is 4.47 Å². The van der Waals surface area contributed by atoms with Gasteiger partial charge in [0.05, 0.1) is 12.3 Å². The van der Waals surface area contributed by atoms with E-state index < -0.39 is 17.8 Å². The van der Waals surface area contributed by atoms with Crippen molar-refractivity contribution < 1.29 is 19.1 Å². The molecule has 28 heavy (non-hydrogen) atoms. The van der Waals surface area contributed by atoms with Crippen LogP contribution in [-0.4, -0.2) is 24.5 Å². The van der Waals surface area contributed by atoms with Crippen LogP contribution < -0.4 is 15.0 Å². The van der Waals surface area contributed by atoms with Crippen LogP contribution >= 0.6 is 15.9 Å². The molecule has 2 aromatic carbocycles. The van der Waals surface area contributed by atoms with E-state index in [2.05, 4.69) is 21.2 Å². The van der Waals surface area contributed by atoms with E-state index in [1.165, 1.54) is 6.08 Å². The zero-order chi connectivity index (χ0) is 20.3. The maximum atomic E-state index is 13.0. The van der Waals surface area contributed by atoms with E-state index in [1.807, 2.05) is 26.0 Å². The van der Waals surface area contributed by atoms with Crippen molar-refractivity contribution in [1.29, 1.82) is 0 Å². The highest BCUT2D eigenvalue weighted by Crippen LogP contribution is 2.27. The molecular formula is C21H19BrN2O4. The van der Waals surface area contributed by atoms with Crippen LogP contribution in [0, 0.1) is 0 Å². The Bertz CT molecular complexity index is 984. The predicted octanol–water partition coefficient (Wildman–Crippen LogP) is 4.08. The number of imide groups is 2. The van der Waals surface area contributed by atoms with Gasteiger partial charge in [-0.1, -0.05) is 41.1 Å². The second-order valence-corrected chi connectivity index (χ2v) is 7.01. The van der Waals surface area contributed by atoms with Crippen LogP contribution in [0.1, 0.15) is 25.0 Å². The Balaban J connectivity index is 2.04. The lowest BCUT2D eigenvalue weighted by Gasteiger charge is -2.28. The van der Waals surface area contributed by atoms with Crippen LogP contribution in [-0.2, 0) is 16.0 Å². The molecule has 7 heteroatoms. The third-order valence-electron chi connectivity index (χ3n) is 4.23. The molecular weight excluding hydrogens is 424 g/mol. The Morgan fingerprint density at radius 2 is 1.86 bits per heavy atom. The minimum absolute atomic E-state index is 0.119. The Hall–Kier alpha value is -2.93. The van der Waals surface area contributed by atoms with Crippen molar-refractivity contribution in [2.75, 3.05) is 11.5 Å². The molecule has 1 aliphatic heterocycles. The average molecular weight is 443 g/mol. The molecule has 144 valence electrons. The SMILES string of the molecule is CCOc1cc(Br)cc(/C=C2/C(=O)NC(=O)N(c3ccccc3CC)C2=O)c1. The number of ether oxygens (including phenoxy) is 1. The molecule has 4 amide bonds. The summed E-state index contributed by atoms with van der Waals surface area (Å²) in [4.78, 5) is 38.8. The van der Waals surface area contributed by atoms with E-state index >= 15 is 0 Å². The van der Waals surface area contributed by atoms with Gasteiger partial charge in [0.2, 0.25) is 0 Å². The van der Waals surface area contributed by atoms with Crippen molar-refractivity contribution in [2.24, 2.45) is 0 Å². The van der Waals surface area contributed by atoms with E-state index in [1.54, 1.807) is 30.3 Å². The molecule has 0 unspecified atom stereocenters. The summed E-state index contributed by atoms with van der Waals surface area (Å²) in [6, 6.07) is 11.7. The van der Waals surface area contributed by atoms with Crippen molar-refractivity contribution in [3.05, 3.63) is 63.6 Å². The molecule has 1 saturated heterocycles. The maximum Gasteiger partial charge on any atom is 0.335 e. The van der Waals surface area contributed by atoms with E-state index in [4.69, 9.17) is 4.74 Å². The Labute approximate surface area is 171 Å². The second kappa shape index (κ2) is 8.39. The van der Waals surface area contributed by atoms with E-state index in [0.717, 1.165) is 14.9 Å². The third-order valence-corrected chi connectivity index (χ3v) is 4.69. The summed E-state index contributed by atoms with van der Waals surface area (Å²) >= 11 is 3.40. The quantitative estimate of drug-likeness (QED) is 0.559. The summed E-state index contributed by atoms with van der Waals surface area (Å²) < 4.78 is 6.25. The van der Waals surface area contributed by atoms with Gasteiger partial charge < -0.3 is 4.74 Å². The maximum absolute atomic E-state index is 13.0. The highest BCUT2D eigenvalue weighted by atomic mass is 79.9. The summed E-state index contributed by atoms with van der Waals surface area (Å²) in [5, 5.41) is 2.25. The van der Waals surface area contributed by atoms with Crippen LogP contribution in [0.2, 0.25) is 0 Å². The van der Waals surface area contributed by atoms with Crippen LogP contribution in [0.4, 0.5) is 10.5 Å². The lowest BCUT2D eigenvalue weighted by atomic mass is 10.0. The first-order valence-electron chi connectivity index (χ1n) is 8.87. The zero-order valence-electron chi connectivity index (χ0n) is 15.5. The fraction of sp³-hybridized carbons (Fsp3) is 0.190. The van der Waals surface area contributed by atoms with Crippen LogP contribution in [0.5, 0.6) is 5.75 Å². The van der Waals surface area contributed by atoms with Gasteiger partial charge >= 0.3 is 6.03 Å². The van der Waals surface area contributed by atoms with Crippen molar-refractivity contribution in [1.82, 2.24) is 5.32 Å². The molecule has 0 bridgehead atoms. The number of amides is 4. The van der Waals surface area contributed by atoms with Crippen molar-refractivity contribution >= 4 is 45.5 Å². The number of carbonyl (C=O) groups excluding carboxylic acids is 3.